The Morgan fingerprint density at radius 1 is 1.24 bits per heavy atom. The van der Waals surface area contributed by atoms with Crippen LogP contribution in [0.5, 0.6) is 5.75 Å². The summed E-state index contributed by atoms with van der Waals surface area (Å²) in [7, 11) is 2.09. The monoisotopic (exact) mass is 286 g/mol. The maximum absolute atomic E-state index is 11.5. The molecule has 1 N–H and O–H groups in total. The predicted molar refractivity (Wildman–Crippen MR) is 82.0 cm³/mol. The Balaban J connectivity index is 1.92. The van der Waals surface area contributed by atoms with Gasteiger partial charge in [0.25, 0.3) is 0 Å². The minimum absolute atomic E-state index is 0.352. The van der Waals surface area contributed by atoms with E-state index in [1.807, 2.05) is 12.1 Å². The summed E-state index contributed by atoms with van der Waals surface area (Å²) in [5.74, 6) is 0.201. The van der Waals surface area contributed by atoms with Crippen LogP contribution in [0.4, 0.5) is 11.4 Å². The number of nitrogens with zero attached hydrogens (tertiary/aromatic N) is 2. The first kappa shape index (κ1) is 13.5. The Labute approximate surface area is 123 Å². The second-order valence-corrected chi connectivity index (χ2v) is 5.28. The van der Waals surface area contributed by atoms with Gasteiger partial charge in [-0.1, -0.05) is 12.1 Å². The highest BCUT2D eigenvalue weighted by Gasteiger charge is 2.18. The topological polar surface area (TPSA) is 56.9 Å². The van der Waals surface area contributed by atoms with Gasteiger partial charge in [-0.05, 0) is 18.6 Å². The Morgan fingerprint density at radius 3 is 2.76 bits per heavy atom. The Hall–Kier alpha value is -2.43. The normalized spacial score (nSPS) is 14.7. The summed E-state index contributed by atoms with van der Waals surface area (Å²) in [5, 5.41) is 9.26. The second-order valence-electron chi connectivity index (χ2n) is 5.28. The lowest BCUT2D eigenvalue weighted by Gasteiger charge is -2.25. The molecule has 3 rings (SSSR count). The molecule has 110 valence electrons. The first-order chi connectivity index (χ1) is 10.1. The molecule has 1 aliphatic heterocycles. The number of aromatic hydroxyl groups is 1. The first-order valence-electron chi connectivity index (χ1n) is 7.01. The quantitative estimate of drug-likeness (QED) is 0.917. The van der Waals surface area contributed by atoms with Crippen LogP contribution in [0.2, 0.25) is 0 Å². The van der Waals surface area contributed by atoms with Crippen molar-refractivity contribution >= 4 is 11.4 Å². The van der Waals surface area contributed by atoms with Crippen LogP contribution in [-0.4, -0.2) is 25.2 Å². The van der Waals surface area contributed by atoms with Gasteiger partial charge in [0.2, 0.25) is 5.43 Å². The zero-order valence-corrected chi connectivity index (χ0v) is 12.0. The second kappa shape index (κ2) is 5.52. The molecule has 0 atom stereocenters. The number of anilines is 2. The van der Waals surface area contributed by atoms with Gasteiger partial charge in [0.15, 0.2) is 5.75 Å². The smallest absolute Gasteiger partial charge is 0.226 e. The summed E-state index contributed by atoms with van der Waals surface area (Å²) in [6.45, 7) is 2.40. The molecule has 5 nitrogen and oxygen atoms in total. The van der Waals surface area contributed by atoms with Crippen LogP contribution in [0.3, 0.4) is 0 Å². The van der Waals surface area contributed by atoms with E-state index in [-0.39, 0.29) is 5.75 Å². The van der Waals surface area contributed by atoms with Crippen LogP contribution in [0, 0.1) is 0 Å². The van der Waals surface area contributed by atoms with E-state index in [2.05, 4.69) is 29.0 Å². The molecule has 0 amide bonds. The molecule has 0 saturated heterocycles. The molecule has 21 heavy (non-hydrogen) atoms. The molecule has 1 aliphatic rings. The van der Waals surface area contributed by atoms with E-state index >= 15 is 0 Å². The molecule has 2 aromatic rings. The standard InChI is InChI=1S/C16H18N2O3/c1-17-7-4-8-18(14-6-3-2-5-13(14)17)10-12-9-15(19)16(20)11-21-12/h2-3,5-6,9,11,20H,4,7-8,10H2,1H3. The molecule has 0 aliphatic carbocycles. The van der Waals surface area contributed by atoms with E-state index in [0.717, 1.165) is 31.5 Å². The number of hydrogen-bond acceptors (Lipinski definition) is 5. The molecule has 0 radical (unpaired) electrons. The molecule has 0 spiro atoms. The van der Waals surface area contributed by atoms with Crippen LogP contribution in [-0.2, 0) is 6.54 Å². The molecular formula is C16H18N2O3. The molecule has 0 fully saturated rings. The molecule has 2 heterocycles. The minimum atomic E-state index is -0.406. The molecule has 5 heteroatoms. The SMILES string of the molecule is CN1CCCN(Cc2cc(=O)c(O)co2)c2ccccc21. The summed E-state index contributed by atoms with van der Waals surface area (Å²) in [6, 6.07) is 9.57. The van der Waals surface area contributed by atoms with Crippen molar-refractivity contribution in [2.24, 2.45) is 0 Å². The Kier molecular flexibility index (Phi) is 3.56. The highest BCUT2D eigenvalue weighted by Crippen LogP contribution is 2.32. The van der Waals surface area contributed by atoms with Crippen LogP contribution >= 0.6 is 0 Å². The average Bonchev–Trinajstić information content (AvgIpc) is 2.64. The third-order valence-corrected chi connectivity index (χ3v) is 3.77. The fraction of sp³-hybridized carbons (Fsp3) is 0.312. The van der Waals surface area contributed by atoms with Gasteiger partial charge in [0, 0.05) is 26.2 Å². The molecular weight excluding hydrogens is 268 g/mol. The van der Waals surface area contributed by atoms with Crippen LogP contribution in [0.25, 0.3) is 0 Å². The number of rotatable bonds is 2. The minimum Gasteiger partial charge on any atom is -0.502 e. The van der Waals surface area contributed by atoms with Gasteiger partial charge in [-0.15, -0.1) is 0 Å². The van der Waals surface area contributed by atoms with Crippen molar-refractivity contribution in [1.29, 1.82) is 0 Å². The highest BCUT2D eigenvalue weighted by molar-refractivity contribution is 5.71. The van der Waals surface area contributed by atoms with Gasteiger partial charge in [-0.2, -0.15) is 0 Å². The summed E-state index contributed by atoms with van der Waals surface area (Å²) in [4.78, 5) is 16.0. The zero-order valence-electron chi connectivity index (χ0n) is 12.0. The zero-order chi connectivity index (χ0) is 14.8. The summed E-state index contributed by atoms with van der Waals surface area (Å²) >= 11 is 0. The van der Waals surface area contributed by atoms with Crippen LogP contribution in [0.1, 0.15) is 12.2 Å². The highest BCUT2D eigenvalue weighted by atomic mass is 16.4. The van der Waals surface area contributed by atoms with E-state index in [1.54, 1.807) is 0 Å². The van der Waals surface area contributed by atoms with E-state index < -0.39 is 5.43 Å². The molecule has 0 bridgehead atoms. The van der Waals surface area contributed by atoms with Crippen molar-refractivity contribution in [3.05, 3.63) is 52.6 Å². The lowest BCUT2D eigenvalue weighted by Crippen LogP contribution is -2.23. The maximum atomic E-state index is 11.5. The molecule has 1 aromatic carbocycles. The van der Waals surface area contributed by atoms with E-state index in [9.17, 15) is 9.90 Å². The third-order valence-electron chi connectivity index (χ3n) is 3.77. The van der Waals surface area contributed by atoms with Crippen molar-refractivity contribution in [2.45, 2.75) is 13.0 Å². The molecule has 1 aromatic heterocycles. The average molecular weight is 286 g/mol. The van der Waals surface area contributed by atoms with Gasteiger partial charge in [-0.3, -0.25) is 4.79 Å². The molecule has 0 saturated carbocycles. The van der Waals surface area contributed by atoms with E-state index in [4.69, 9.17) is 4.42 Å². The van der Waals surface area contributed by atoms with Crippen molar-refractivity contribution in [3.63, 3.8) is 0 Å². The third kappa shape index (κ3) is 2.72. The molecule has 0 unspecified atom stereocenters. The maximum Gasteiger partial charge on any atom is 0.226 e. The summed E-state index contributed by atoms with van der Waals surface area (Å²) < 4.78 is 5.32. The van der Waals surface area contributed by atoms with Gasteiger partial charge in [0.05, 0.1) is 17.9 Å². The lowest BCUT2D eigenvalue weighted by atomic mass is 10.2. The van der Waals surface area contributed by atoms with E-state index in [1.165, 1.54) is 11.8 Å². The van der Waals surface area contributed by atoms with Crippen molar-refractivity contribution in [1.82, 2.24) is 0 Å². The predicted octanol–water partition coefficient (Wildman–Crippen LogP) is 2.19. The fourth-order valence-electron chi connectivity index (χ4n) is 2.67. The van der Waals surface area contributed by atoms with Crippen LogP contribution in [0.15, 0.2) is 45.8 Å². The number of para-hydroxylation sites is 2. The van der Waals surface area contributed by atoms with E-state index in [0.29, 0.717) is 12.3 Å². The number of hydrogen-bond donors (Lipinski definition) is 1. The Morgan fingerprint density at radius 2 is 2.00 bits per heavy atom. The van der Waals surface area contributed by atoms with Crippen molar-refractivity contribution < 1.29 is 9.52 Å². The fourth-order valence-corrected chi connectivity index (χ4v) is 2.67. The lowest BCUT2D eigenvalue weighted by molar-refractivity contribution is 0.411. The summed E-state index contributed by atoms with van der Waals surface area (Å²) in [6.07, 6.45) is 2.14. The Bertz CT molecular complexity index is 696. The number of fused-ring (bicyclic) bond motifs is 1. The first-order valence-corrected chi connectivity index (χ1v) is 7.01. The van der Waals surface area contributed by atoms with Crippen molar-refractivity contribution in [2.75, 3.05) is 29.9 Å². The largest absolute Gasteiger partial charge is 0.502 e. The van der Waals surface area contributed by atoms with Gasteiger partial charge >= 0.3 is 0 Å². The number of benzene rings is 1. The van der Waals surface area contributed by atoms with Gasteiger partial charge in [0.1, 0.15) is 12.0 Å². The summed E-state index contributed by atoms with van der Waals surface area (Å²) in [5.41, 5.74) is 1.90. The van der Waals surface area contributed by atoms with Crippen molar-refractivity contribution in [3.8, 4) is 5.75 Å². The van der Waals surface area contributed by atoms with Crippen LogP contribution < -0.4 is 15.2 Å². The van der Waals surface area contributed by atoms with Gasteiger partial charge in [-0.25, -0.2) is 0 Å². The van der Waals surface area contributed by atoms with Gasteiger partial charge < -0.3 is 19.3 Å².